The SMILES string of the molecule is O=C(c1ccc[nH]c1=S)N1CCN(c2ccc(Cl)cc2[N+](=O)[O-])CC1. The van der Waals surface area contributed by atoms with Crippen LogP contribution in [0.4, 0.5) is 11.4 Å². The van der Waals surface area contributed by atoms with Crippen molar-refractivity contribution in [3.05, 3.63) is 61.9 Å². The number of aromatic amines is 1. The molecular weight excluding hydrogens is 364 g/mol. The molecule has 0 bridgehead atoms. The van der Waals surface area contributed by atoms with E-state index < -0.39 is 4.92 Å². The third kappa shape index (κ3) is 3.64. The number of carbonyl (C=O) groups is 1. The van der Waals surface area contributed by atoms with Gasteiger partial charge in [-0.3, -0.25) is 14.9 Å². The van der Waals surface area contributed by atoms with Crippen LogP contribution in [0.1, 0.15) is 10.4 Å². The Hall–Kier alpha value is -2.45. The lowest BCUT2D eigenvalue weighted by atomic mass is 10.2. The average Bonchev–Trinajstić information content (AvgIpc) is 2.61. The largest absolute Gasteiger partial charge is 0.362 e. The Bertz CT molecular complexity index is 878. The highest BCUT2D eigenvalue weighted by Crippen LogP contribution is 2.31. The lowest BCUT2D eigenvalue weighted by molar-refractivity contribution is -0.384. The number of carbonyl (C=O) groups excluding carboxylic acids is 1. The molecule has 1 saturated heterocycles. The number of hydrogen-bond acceptors (Lipinski definition) is 5. The Morgan fingerprint density at radius 3 is 2.60 bits per heavy atom. The van der Waals surface area contributed by atoms with E-state index in [4.69, 9.17) is 23.8 Å². The molecule has 2 heterocycles. The third-order valence-electron chi connectivity index (χ3n) is 4.09. The topological polar surface area (TPSA) is 82.5 Å². The molecule has 130 valence electrons. The summed E-state index contributed by atoms with van der Waals surface area (Å²) in [4.78, 5) is 29.8. The molecule has 9 heteroatoms. The van der Waals surface area contributed by atoms with Gasteiger partial charge in [-0.2, -0.15) is 0 Å². The van der Waals surface area contributed by atoms with E-state index in [0.29, 0.717) is 47.1 Å². The second kappa shape index (κ2) is 7.20. The molecule has 1 N–H and O–H groups in total. The highest BCUT2D eigenvalue weighted by molar-refractivity contribution is 7.71. The Labute approximate surface area is 154 Å². The lowest BCUT2D eigenvalue weighted by Gasteiger charge is -2.35. The van der Waals surface area contributed by atoms with Crippen molar-refractivity contribution >= 4 is 41.1 Å². The van der Waals surface area contributed by atoms with Gasteiger partial charge in [0.2, 0.25) is 0 Å². The number of nitro groups is 1. The summed E-state index contributed by atoms with van der Waals surface area (Å²) in [6, 6.07) is 8.04. The van der Waals surface area contributed by atoms with Gasteiger partial charge in [0.1, 0.15) is 10.3 Å². The van der Waals surface area contributed by atoms with Crippen molar-refractivity contribution in [2.45, 2.75) is 0 Å². The van der Waals surface area contributed by atoms with E-state index in [1.54, 1.807) is 35.4 Å². The van der Waals surface area contributed by atoms with Gasteiger partial charge in [-0.15, -0.1) is 0 Å². The van der Waals surface area contributed by atoms with E-state index in [-0.39, 0.29) is 11.6 Å². The van der Waals surface area contributed by atoms with E-state index in [9.17, 15) is 14.9 Å². The number of nitro benzene ring substituents is 1. The highest BCUT2D eigenvalue weighted by atomic mass is 35.5. The predicted molar refractivity (Wildman–Crippen MR) is 97.8 cm³/mol. The van der Waals surface area contributed by atoms with E-state index in [1.165, 1.54) is 6.07 Å². The molecule has 0 radical (unpaired) electrons. The van der Waals surface area contributed by atoms with Gasteiger partial charge in [-0.05, 0) is 24.3 Å². The fraction of sp³-hybridized carbons (Fsp3) is 0.250. The molecule has 1 aliphatic rings. The number of aromatic nitrogens is 1. The van der Waals surface area contributed by atoms with Gasteiger partial charge in [-0.1, -0.05) is 23.8 Å². The minimum Gasteiger partial charge on any atom is -0.362 e. The molecule has 25 heavy (non-hydrogen) atoms. The lowest BCUT2D eigenvalue weighted by Crippen LogP contribution is -2.49. The van der Waals surface area contributed by atoms with Crippen molar-refractivity contribution in [3.8, 4) is 0 Å². The first-order chi connectivity index (χ1) is 12.0. The van der Waals surface area contributed by atoms with Crippen molar-refractivity contribution in [2.75, 3.05) is 31.1 Å². The summed E-state index contributed by atoms with van der Waals surface area (Å²) in [5.41, 5.74) is 0.944. The smallest absolute Gasteiger partial charge is 0.294 e. The molecule has 3 rings (SSSR count). The Morgan fingerprint density at radius 1 is 1.24 bits per heavy atom. The van der Waals surface area contributed by atoms with Crippen LogP contribution in [0.15, 0.2) is 36.5 Å². The standard InChI is InChI=1S/C16H15ClN4O3S/c17-11-3-4-13(14(10-11)21(23)24)19-6-8-20(9-7-19)16(22)12-2-1-5-18-15(12)25/h1-5,10H,6-9H2,(H,18,25). The summed E-state index contributed by atoms with van der Waals surface area (Å²) in [6.45, 7) is 1.92. The zero-order valence-electron chi connectivity index (χ0n) is 13.1. The minimum atomic E-state index is -0.442. The molecule has 2 aromatic rings. The molecule has 1 fully saturated rings. The van der Waals surface area contributed by atoms with Crippen LogP contribution >= 0.6 is 23.8 Å². The predicted octanol–water partition coefficient (Wildman–Crippen LogP) is 3.27. The molecule has 0 unspecified atom stereocenters. The number of pyridine rings is 1. The summed E-state index contributed by atoms with van der Waals surface area (Å²) in [7, 11) is 0. The molecule has 1 aromatic heterocycles. The number of anilines is 1. The van der Waals surface area contributed by atoms with E-state index in [1.807, 2.05) is 4.90 Å². The molecule has 0 atom stereocenters. The summed E-state index contributed by atoms with van der Waals surface area (Å²) in [5, 5.41) is 11.6. The zero-order valence-corrected chi connectivity index (χ0v) is 14.7. The molecule has 1 aromatic carbocycles. The van der Waals surface area contributed by atoms with E-state index >= 15 is 0 Å². The van der Waals surface area contributed by atoms with Gasteiger partial charge in [0.15, 0.2) is 0 Å². The fourth-order valence-corrected chi connectivity index (χ4v) is 3.21. The Balaban J connectivity index is 1.75. The van der Waals surface area contributed by atoms with Crippen LogP contribution in [0.2, 0.25) is 5.02 Å². The molecular formula is C16H15ClN4O3S. The third-order valence-corrected chi connectivity index (χ3v) is 4.66. The van der Waals surface area contributed by atoms with Crippen molar-refractivity contribution in [1.82, 2.24) is 9.88 Å². The molecule has 1 amide bonds. The van der Waals surface area contributed by atoms with Crippen LogP contribution in [0.5, 0.6) is 0 Å². The molecule has 0 aliphatic carbocycles. The van der Waals surface area contributed by atoms with Crippen molar-refractivity contribution in [1.29, 1.82) is 0 Å². The summed E-state index contributed by atoms with van der Waals surface area (Å²) in [5.74, 6) is -0.132. The number of H-pyrrole nitrogens is 1. The Morgan fingerprint density at radius 2 is 1.96 bits per heavy atom. The molecule has 0 spiro atoms. The monoisotopic (exact) mass is 378 g/mol. The average molecular weight is 379 g/mol. The number of rotatable bonds is 3. The number of halogens is 1. The fourth-order valence-electron chi connectivity index (χ4n) is 2.82. The quantitative estimate of drug-likeness (QED) is 0.503. The van der Waals surface area contributed by atoms with Crippen molar-refractivity contribution < 1.29 is 9.72 Å². The van der Waals surface area contributed by atoms with Crippen molar-refractivity contribution in [2.24, 2.45) is 0 Å². The van der Waals surface area contributed by atoms with Crippen LogP contribution in [-0.4, -0.2) is 46.9 Å². The van der Waals surface area contributed by atoms with Gasteiger partial charge in [0, 0.05) is 43.5 Å². The maximum absolute atomic E-state index is 12.6. The second-order valence-corrected chi connectivity index (χ2v) is 6.43. The summed E-state index contributed by atoms with van der Waals surface area (Å²) >= 11 is 11.0. The van der Waals surface area contributed by atoms with Gasteiger partial charge in [0.05, 0.1) is 10.5 Å². The number of nitrogens with one attached hydrogen (secondary N) is 1. The normalized spacial score (nSPS) is 14.4. The maximum atomic E-state index is 12.6. The van der Waals surface area contributed by atoms with Crippen LogP contribution < -0.4 is 4.90 Å². The first-order valence-electron chi connectivity index (χ1n) is 7.63. The van der Waals surface area contributed by atoms with Crippen LogP contribution in [0.25, 0.3) is 0 Å². The number of nitrogens with zero attached hydrogens (tertiary/aromatic N) is 3. The molecule has 1 aliphatic heterocycles. The van der Waals surface area contributed by atoms with Crippen molar-refractivity contribution in [3.63, 3.8) is 0 Å². The zero-order chi connectivity index (χ0) is 18.0. The molecule has 7 nitrogen and oxygen atoms in total. The van der Waals surface area contributed by atoms with E-state index in [2.05, 4.69) is 4.98 Å². The van der Waals surface area contributed by atoms with E-state index in [0.717, 1.165) is 0 Å². The highest BCUT2D eigenvalue weighted by Gasteiger charge is 2.26. The number of amides is 1. The maximum Gasteiger partial charge on any atom is 0.294 e. The number of piperazine rings is 1. The van der Waals surface area contributed by atoms with Gasteiger partial charge in [-0.25, -0.2) is 0 Å². The molecule has 0 saturated carbocycles. The first-order valence-corrected chi connectivity index (χ1v) is 8.42. The second-order valence-electron chi connectivity index (χ2n) is 5.58. The minimum absolute atomic E-state index is 0.0298. The first kappa shape index (κ1) is 17.4. The Kier molecular flexibility index (Phi) is 5.00. The van der Waals surface area contributed by atoms with Crippen LogP contribution in [0.3, 0.4) is 0 Å². The van der Waals surface area contributed by atoms with Gasteiger partial charge in [0.25, 0.3) is 11.6 Å². The number of benzene rings is 1. The van der Waals surface area contributed by atoms with Crippen LogP contribution in [-0.2, 0) is 0 Å². The summed E-state index contributed by atoms with van der Waals surface area (Å²) in [6.07, 6.45) is 1.68. The number of hydrogen-bond donors (Lipinski definition) is 1. The van der Waals surface area contributed by atoms with Gasteiger partial charge < -0.3 is 14.8 Å². The van der Waals surface area contributed by atoms with Crippen LogP contribution in [0, 0.1) is 14.8 Å². The van der Waals surface area contributed by atoms with Gasteiger partial charge >= 0.3 is 0 Å². The summed E-state index contributed by atoms with van der Waals surface area (Å²) < 4.78 is 0.406.